The maximum atomic E-state index is 12.8. The molecule has 0 aromatic rings. The van der Waals surface area contributed by atoms with E-state index in [1.807, 2.05) is 0 Å². The van der Waals surface area contributed by atoms with E-state index in [4.69, 9.17) is 28.8 Å². The Morgan fingerprint density at radius 3 is 1.94 bits per heavy atom. The molecule has 2 aliphatic rings. The molecule has 2 fully saturated rings. The summed E-state index contributed by atoms with van der Waals surface area (Å²) in [6, 6.07) is -3.10. The molecule has 0 spiro atoms. The van der Waals surface area contributed by atoms with Crippen LogP contribution in [0.2, 0.25) is 0 Å². The third-order valence-corrected chi connectivity index (χ3v) is 7.40. The first-order chi connectivity index (χ1) is 21.9. The van der Waals surface area contributed by atoms with Gasteiger partial charge in [-0.25, -0.2) is 4.57 Å². The molecule has 0 saturated carbocycles. The Morgan fingerprint density at radius 2 is 1.40 bits per heavy atom. The Labute approximate surface area is 268 Å². The van der Waals surface area contributed by atoms with E-state index in [0.717, 1.165) is 6.92 Å². The fourth-order valence-corrected chi connectivity index (χ4v) is 5.39. The molecule has 2 rings (SSSR count). The number of aliphatic hydroxyl groups is 7. The van der Waals surface area contributed by atoms with Gasteiger partial charge in [-0.15, -0.1) is 0 Å². The second-order valence-electron chi connectivity index (χ2n) is 11.2. The molecule has 11 unspecified atom stereocenters. The van der Waals surface area contributed by atoms with Crippen molar-refractivity contribution >= 4 is 25.6 Å². The SMILES string of the molecule is CC(=O)O[C@H](C)CC(=O)NC1C(OCC2OC(OCC(O)CO)C(NC(=O)C[C@@H](C)O)C(O)C2O)OC(CO)C(OP(=O)(O)O)C1O. The predicted molar refractivity (Wildman–Crippen MR) is 150 cm³/mol. The first-order valence-electron chi connectivity index (χ1n) is 14.5. The summed E-state index contributed by atoms with van der Waals surface area (Å²) in [6.07, 6.45) is -18.1. The maximum Gasteiger partial charge on any atom is 0.470 e. The molecule has 2 amide bonds. The summed E-state index contributed by atoms with van der Waals surface area (Å²) >= 11 is 0. The zero-order chi connectivity index (χ0) is 35.6. The molecular formula is C25H45N2O19P. The number of aliphatic hydroxyl groups excluding tert-OH is 7. The summed E-state index contributed by atoms with van der Waals surface area (Å²) in [5, 5.41) is 75.6. The van der Waals surface area contributed by atoms with Crippen molar-refractivity contribution in [2.24, 2.45) is 0 Å². The number of nitrogens with one attached hydrogen (secondary N) is 2. The summed E-state index contributed by atoms with van der Waals surface area (Å²) in [5.41, 5.74) is 0. The number of esters is 1. The number of carbonyl (C=O) groups is 3. The normalized spacial score (nSPS) is 33.4. The van der Waals surface area contributed by atoms with Gasteiger partial charge < -0.3 is 79.9 Å². The van der Waals surface area contributed by atoms with Crippen LogP contribution >= 0.6 is 7.82 Å². The highest BCUT2D eigenvalue weighted by atomic mass is 31.2. The largest absolute Gasteiger partial charge is 0.470 e. The van der Waals surface area contributed by atoms with E-state index in [0.29, 0.717) is 0 Å². The number of carbonyl (C=O) groups excluding carboxylic acids is 3. The first-order valence-corrected chi connectivity index (χ1v) is 16.1. The fraction of sp³-hybridized carbons (Fsp3) is 0.880. The van der Waals surface area contributed by atoms with Crippen LogP contribution < -0.4 is 10.6 Å². The lowest BCUT2D eigenvalue weighted by Gasteiger charge is -2.45. The van der Waals surface area contributed by atoms with Gasteiger partial charge in [-0.2, -0.15) is 0 Å². The summed E-state index contributed by atoms with van der Waals surface area (Å²) in [5.74, 6) is -2.27. The van der Waals surface area contributed by atoms with E-state index in [1.54, 1.807) is 0 Å². The molecule has 11 N–H and O–H groups in total. The van der Waals surface area contributed by atoms with Crippen molar-refractivity contribution in [3.05, 3.63) is 0 Å². The van der Waals surface area contributed by atoms with Gasteiger partial charge in [0.2, 0.25) is 11.8 Å². The van der Waals surface area contributed by atoms with Crippen LogP contribution in [-0.2, 0) is 47.2 Å². The van der Waals surface area contributed by atoms with Gasteiger partial charge in [0.25, 0.3) is 0 Å². The van der Waals surface area contributed by atoms with Crippen molar-refractivity contribution in [3.63, 3.8) is 0 Å². The molecule has 2 saturated heterocycles. The number of hydrogen-bond acceptors (Lipinski definition) is 17. The van der Waals surface area contributed by atoms with Crippen molar-refractivity contribution in [1.82, 2.24) is 10.6 Å². The molecule has 21 nitrogen and oxygen atoms in total. The molecule has 2 heterocycles. The number of phosphoric acid groups is 1. The Bertz CT molecular complexity index is 1060. The van der Waals surface area contributed by atoms with Crippen LogP contribution in [0.3, 0.4) is 0 Å². The van der Waals surface area contributed by atoms with Gasteiger partial charge >= 0.3 is 13.8 Å². The van der Waals surface area contributed by atoms with E-state index in [2.05, 4.69) is 15.2 Å². The Kier molecular flexibility index (Phi) is 16.4. The molecule has 47 heavy (non-hydrogen) atoms. The van der Waals surface area contributed by atoms with Gasteiger partial charge in [-0.3, -0.25) is 18.9 Å². The quantitative estimate of drug-likeness (QED) is 0.0496. The molecule has 0 radical (unpaired) electrons. The third-order valence-electron chi connectivity index (χ3n) is 6.88. The molecule has 22 heteroatoms. The summed E-state index contributed by atoms with van der Waals surface area (Å²) in [6.45, 7) is 0.937. The summed E-state index contributed by atoms with van der Waals surface area (Å²) in [4.78, 5) is 54.9. The Hall–Kier alpha value is -1.92. The van der Waals surface area contributed by atoms with Crippen LogP contribution in [0, 0.1) is 0 Å². The average molecular weight is 709 g/mol. The Morgan fingerprint density at radius 1 is 0.851 bits per heavy atom. The number of rotatable bonds is 17. The average Bonchev–Trinajstić information content (AvgIpc) is 2.95. The Balaban J connectivity index is 2.28. The minimum atomic E-state index is -5.28. The maximum absolute atomic E-state index is 12.8. The van der Waals surface area contributed by atoms with Crippen LogP contribution in [-0.4, -0.2) is 169 Å². The van der Waals surface area contributed by atoms with Crippen LogP contribution in [0.1, 0.15) is 33.6 Å². The summed E-state index contributed by atoms with van der Waals surface area (Å²) in [7, 11) is -5.28. The minimum absolute atomic E-state index is 0.384. The van der Waals surface area contributed by atoms with Crippen molar-refractivity contribution < 1.29 is 92.7 Å². The van der Waals surface area contributed by atoms with Crippen molar-refractivity contribution in [3.8, 4) is 0 Å². The van der Waals surface area contributed by atoms with Crippen molar-refractivity contribution in [1.29, 1.82) is 0 Å². The molecule has 0 bridgehead atoms. The fourth-order valence-electron chi connectivity index (χ4n) is 4.81. The number of hydrogen-bond donors (Lipinski definition) is 11. The molecule has 13 atom stereocenters. The van der Waals surface area contributed by atoms with Crippen molar-refractivity contribution in [2.75, 3.05) is 26.4 Å². The molecule has 0 aliphatic carbocycles. The zero-order valence-electron chi connectivity index (χ0n) is 25.8. The molecule has 0 aromatic heterocycles. The van der Waals surface area contributed by atoms with E-state index in [9.17, 15) is 59.4 Å². The number of amides is 2. The minimum Gasteiger partial charge on any atom is -0.462 e. The van der Waals surface area contributed by atoms with Gasteiger partial charge in [-0.1, -0.05) is 0 Å². The number of phosphoric ester groups is 1. The molecule has 274 valence electrons. The second kappa shape index (κ2) is 18.7. The van der Waals surface area contributed by atoms with Crippen molar-refractivity contribution in [2.45, 2.75) is 113 Å². The zero-order valence-corrected chi connectivity index (χ0v) is 26.7. The highest BCUT2D eigenvalue weighted by Gasteiger charge is 2.51. The first kappa shape index (κ1) is 41.3. The lowest BCUT2D eigenvalue weighted by Crippen LogP contribution is -2.67. The highest BCUT2D eigenvalue weighted by molar-refractivity contribution is 7.46. The molecule has 2 aliphatic heterocycles. The van der Waals surface area contributed by atoms with E-state index in [1.165, 1.54) is 13.8 Å². The van der Waals surface area contributed by atoms with Crippen LogP contribution in [0.4, 0.5) is 0 Å². The van der Waals surface area contributed by atoms with E-state index in [-0.39, 0.29) is 6.42 Å². The lowest BCUT2D eigenvalue weighted by molar-refractivity contribution is -0.304. The number of ether oxygens (including phenoxy) is 5. The standard InChI is InChI=1S/C25H45N2O19P/c1-10(30)4-16(33)26-18-21(36)20(35)15(45-24(18)41-8-13(32)6-28)9-42-25-19(27-17(34)5-11(2)43-12(3)31)22(37)23(14(7-29)44-25)46-47(38,39)40/h10-11,13-15,18-25,28-30,32,35-37H,4-9H2,1-3H3,(H,26,33)(H,27,34)(H2,38,39,40)/t10-,11-,13?,14?,15?,18?,19?,20?,21?,22?,23?,24?,25?/m1/s1. The smallest absolute Gasteiger partial charge is 0.462 e. The second-order valence-corrected chi connectivity index (χ2v) is 12.4. The van der Waals surface area contributed by atoms with E-state index < -0.39 is 138 Å². The third kappa shape index (κ3) is 13.1. The van der Waals surface area contributed by atoms with Gasteiger partial charge in [0.15, 0.2) is 12.6 Å². The molecule has 0 aromatic carbocycles. The summed E-state index contributed by atoms with van der Waals surface area (Å²) < 4.78 is 43.4. The molecular weight excluding hydrogens is 663 g/mol. The lowest BCUT2D eigenvalue weighted by atomic mass is 9.95. The predicted octanol–water partition coefficient (Wildman–Crippen LogP) is -5.54. The van der Waals surface area contributed by atoms with Gasteiger partial charge in [0.05, 0.1) is 45.4 Å². The van der Waals surface area contributed by atoms with Gasteiger partial charge in [-0.05, 0) is 13.8 Å². The van der Waals surface area contributed by atoms with Gasteiger partial charge in [0, 0.05) is 6.92 Å². The monoisotopic (exact) mass is 708 g/mol. The van der Waals surface area contributed by atoms with Crippen LogP contribution in [0.5, 0.6) is 0 Å². The van der Waals surface area contributed by atoms with E-state index >= 15 is 0 Å². The van der Waals surface area contributed by atoms with Crippen LogP contribution in [0.25, 0.3) is 0 Å². The van der Waals surface area contributed by atoms with Crippen LogP contribution in [0.15, 0.2) is 0 Å². The van der Waals surface area contributed by atoms with Gasteiger partial charge in [0.1, 0.15) is 60.9 Å². The highest BCUT2D eigenvalue weighted by Crippen LogP contribution is 2.41. The topological polar surface area (TPSA) is 330 Å².